The maximum atomic E-state index is 12.7. The fourth-order valence-corrected chi connectivity index (χ4v) is 4.09. The summed E-state index contributed by atoms with van der Waals surface area (Å²) in [5.41, 5.74) is 1.45. The Kier molecular flexibility index (Phi) is 8.16. The van der Waals surface area contributed by atoms with Crippen LogP contribution in [-0.2, 0) is 16.1 Å². The Morgan fingerprint density at radius 1 is 1.20 bits per heavy atom. The second-order valence-electron chi connectivity index (χ2n) is 6.54. The number of benzene rings is 2. The molecular weight excluding hydrogens is 443 g/mol. The number of hydrogen-bond acceptors (Lipinski definition) is 5. The number of nitrogens with zero attached hydrogens (tertiary/aromatic N) is 3. The van der Waals surface area contributed by atoms with Crippen molar-refractivity contribution in [1.29, 1.82) is 0 Å². The molecular formula is C21H22Cl2N4O2S. The van der Waals surface area contributed by atoms with Crippen LogP contribution in [0.1, 0.15) is 13.3 Å². The van der Waals surface area contributed by atoms with E-state index >= 15 is 0 Å². The van der Waals surface area contributed by atoms with Gasteiger partial charge in [-0.2, -0.15) is 0 Å². The first-order chi connectivity index (χ1) is 14.5. The van der Waals surface area contributed by atoms with Gasteiger partial charge in [0.1, 0.15) is 0 Å². The van der Waals surface area contributed by atoms with E-state index in [0.717, 1.165) is 12.0 Å². The maximum absolute atomic E-state index is 12.7. The molecule has 6 nitrogen and oxygen atoms in total. The number of aromatic nitrogens is 3. The molecule has 0 aliphatic rings. The number of rotatable bonds is 9. The molecule has 158 valence electrons. The molecule has 1 heterocycles. The van der Waals surface area contributed by atoms with Crippen LogP contribution >= 0.6 is 35.0 Å². The largest absolute Gasteiger partial charge is 0.385 e. The molecule has 0 saturated carbocycles. The summed E-state index contributed by atoms with van der Waals surface area (Å²) in [4.78, 5) is 12.7. The van der Waals surface area contributed by atoms with E-state index in [-0.39, 0.29) is 5.91 Å². The Morgan fingerprint density at radius 3 is 2.73 bits per heavy atom. The summed E-state index contributed by atoms with van der Waals surface area (Å²) in [6, 6.07) is 14.6. The Labute approximate surface area is 189 Å². The fourth-order valence-electron chi connectivity index (χ4n) is 2.81. The number of carbonyl (C=O) groups excluding carboxylic acids is 1. The van der Waals surface area contributed by atoms with Crippen LogP contribution < -0.4 is 5.32 Å². The highest BCUT2D eigenvalue weighted by Crippen LogP contribution is 2.31. The van der Waals surface area contributed by atoms with Crippen molar-refractivity contribution in [1.82, 2.24) is 14.8 Å². The maximum Gasteiger partial charge on any atom is 0.237 e. The van der Waals surface area contributed by atoms with Crippen LogP contribution in [0.25, 0.3) is 11.4 Å². The van der Waals surface area contributed by atoms with Gasteiger partial charge in [-0.05, 0) is 43.7 Å². The molecule has 0 bridgehead atoms. The molecule has 0 aliphatic heterocycles. The molecule has 3 aromatic rings. The van der Waals surface area contributed by atoms with Crippen molar-refractivity contribution in [3.8, 4) is 11.4 Å². The number of thioether (sulfide) groups is 1. The molecule has 0 saturated heterocycles. The van der Waals surface area contributed by atoms with Crippen molar-refractivity contribution in [3.05, 3.63) is 58.6 Å². The lowest BCUT2D eigenvalue weighted by atomic mass is 10.2. The first kappa shape index (κ1) is 22.6. The first-order valence-corrected chi connectivity index (χ1v) is 11.0. The predicted octanol–water partition coefficient (Wildman–Crippen LogP) is 5.41. The van der Waals surface area contributed by atoms with Crippen LogP contribution in [0.3, 0.4) is 0 Å². The van der Waals surface area contributed by atoms with E-state index in [1.165, 1.54) is 11.8 Å². The minimum atomic E-state index is -0.395. The third kappa shape index (κ3) is 5.76. The van der Waals surface area contributed by atoms with Gasteiger partial charge in [0.2, 0.25) is 5.91 Å². The molecule has 3 rings (SSSR count). The third-order valence-corrected chi connectivity index (χ3v) is 5.95. The number of methoxy groups -OCH3 is 1. The number of halogens is 2. The number of amides is 1. The lowest BCUT2D eigenvalue weighted by molar-refractivity contribution is -0.115. The minimum Gasteiger partial charge on any atom is -0.385 e. The molecule has 1 amide bonds. The summed E-state index contributed by atoms with van der Waals surface area (Å²) >= 11 is 13.7. The minimum absolute atomic E-state index is 0.145. The third-order valence-electron chi connectivity index (χ3n) is 4.31. The molecule has 0 aliphatic carbocycles. The predicted molar refractivity (Wildman–Crippen MR) is 122 cm³/mol. The number of hydrogen-bond donors (Lipinski definition) is 1. The highest BCUT2D eigenvalue weighted by atomic mass is 35.5. The van der Waals surface area contributed by atoms with Gasteiger partial charge in [0.15, 0.2) is 11.0 Å². The summed E-state index contributed by atoms with van der Waals surface area (Å²) in [5, 5.41) is 13.0. The standard InChI is InChI=1S/C21H22Cl2N4O2S/c1-14(20(28)24-16-8-5-7-15(22)13-16)30-21-26-25-19(27(21)11-6-12-29-2)17-9-3-4-10-18(17)23/h3-5,7-10,13-14H,6,11-12H2,1-2H3,(H,24,28)/t14-/m1/s1. The molecule has 30 heavy (non-hydrogen) atoms. The van der Waals surface area contributed by atoms with E-state index in [1.54, 1.807) is 31.4 Å². The lowest BCUT2D eigenvalue weighted by Gasteiger charge is -2.14. The number of nitrogens with one attached hydrogen (secondary N) is 1. The van der Waals surface area contributed by atoms with Gasteiger partial charge in [0.25, 0.3) is 0 Å². The van der Waals surface area contributed by atoms with E-state index in [0.29, 0.717) is 39.9 Å². The highest BCUT2D eigenvalue weighted by molar-refractivity contribution is 8.00. The van der Waals surface area contributed by atoms with Gasteiger partial charge in [-0.3, -0.25) is 4.79 Å². The Morgan fingerprint density at radius 2 is 2.00 bits per heavy atom. The summed E-state index contributed by atoms with van der Waals surface area (Å²) in [6.07, 6.45) is 0.780. The average molecular weight is 465 g/mol. The van der Waals surface area contributed by atoms with Gasteiger partial charge >= 0.3 is 0 Å². The van der Waals surface area contributed by atoms with Crippen LogP contribution in [0, 0.1) is 0 Å². The van der Waals surface area contributed by atoms with E-state index < -0.39 is 5.25 Å². The van der Waals surface area contributed by atoms with Crippen molar-refractivity contribution < 1.29 is 9.53 Å². The zero-order valence-electron chi connectivity index (χ0n) is 16.6. The molecule has 1 N–H and O–H groups in total. The van der Waals surface area contributed by atoms with Crippen molar-refractivity contribution in [3.63, 3.8) is 0 Å². The van der Waals surface area contributed by atoms with E-state index in [4.69, 9.17) is 27.9 Å². The Bertz CT molecular complexity index is 1010. The fraction of sp³-hybridized carbons (Fsp3) is 0.286. The molecule has 0 unspecified atom stereocenters. The van der Waals surface area contributed by atoms with Crippen molar-refractivity contribution in [2.24, 2.45) is 0 Å². The number of carbonyl (C=O) groups is 1. The van der Waals surface area contributed by atoms with Gasteiger partial charge in [0.05, 0.1) is 10.3 Å². The van der Waals surface area contributed by atoms with E-state index in [1.807, 2.05) is 35.8 Å². The monoisotopic (exact) mass is 464 g/mol. The van der Waals surface area contributed by atoms with Crippen molar-refractivity contribution in [2.45, 2.75) is 30.3 Å². The van der Waals surface area contributed by atoms with Crippen molar-refractivity contribution in [2.75, 3.05) is 19.0 Å². The summed E-state index contributed by atoms with van der Waals surface area (Å²) in [6.45, 7) is 3.08. The van der Waals surface area contributed by atoms with Gasteiger partial charge in [0, 0.05) is 36.5 Å². The molecule has 1 aromatic heterocycles. The normalized spacial score (nSPS) is 12.0. The quantitative estimate of drug-likeness (QED) is 0.338. The van der Waals surface area contributed by atoms with E-state index in [9.17, 15) is 4.79 Å². The molecule has 2 aromatic carbocycles. The van der Waals surface area contributed by atoms with Crippen molar-refractivity contribution >= 4 is 46.6 Å². The highest BCUT2D eigenvalue weighted by Gasteiger charge is 2.22. The smallest absolute Gasteiger partial charge is 0.237 e. The Balaban J connectivity index is 1.80. The van der Waals surface area contributed by atoms with Crippen LogP contribution in [0.2, 0.25) is 10.0 Å². The summed E-state index contributed by atoms with van der Waals surface area (Å²) < 4.78 is 7.16. The number of ether oxygens (including phenoxy) is 1. The van der Waals surface area contributed by atoms with E-state index in [2.05, 4.69) is 15.5 Å². The van der Waals surface area contributed by atoms with Gasteiger partial charge < -0.3 is 14.6 Å². The SMILES string of the molecule is COCCCn1c(S[C@H](C)C(=O)Nc2cccc(Cl)c2)nnc1-c1ccccc1Cl. The second-order valence-corrected chi connectivity index (χ2v) is 8.70. The molecule has 0 fully saturated rings. The molecule has 1 atom stereocenters. The van der Waals surface area contributed by atoms with Gasteiger partial charge in [-0.15, -0.1) is 10.2 Å². The van der Waals surface area contributed by atoms with Crippen LogP contribution in [0.15, 0.2) is 53.7 Å². The number of anilines is 1. The molecule has 0 spiro atoms. The van der Waals surface area contributed by atoms with Gasteiger partial charge in [-0.1, -0.05) is 53.2 Å². The van der Waals surface area contributed by atoms with Crippen LogP contribution in [0.4, 0.5) is 5.69 Å². The molecule has 9 heteroatoms. The summed E-state index contributed by atoms with van der Waals surface area (Å²) in [7, 11) is 1.67. The zero-order valence-corrected chi connectivity index (χ0v) is 19.0. The van der Waals surface area contributed by atoms with Crippen LogP contribution in [-0.4, -0.2) is 39.6 Å². The lowest BCUT2D eigenvalue weighted by Crippen LogP contribution is -2.23. The zero-order chi connectivity index (χ0) is 21.5. The molecule has 0 radical (unpaired) electrons. The second kappa shape index (κ2) is 10.8. The first-order valence-electron chi connectivity index (χ1n) is 9.39. The van der Waals surface area contributed by atoms with Crippen LogP contribution in [0.5, 0.6) is 0 Å². The average Bonchev–Trinajstić information content (AvgIpc) is 3.10. The Hall–Kier alpha value is -2.06. The summed E-state index contributed by atoms with van der Waals surface area (Å²) in [5.74, 6) is 0.523. The van der Waals surface area contributed by atoms with Gasteiger partial charge in [-0.25, -0.2) is 0 Å². The topological polar surface area (TPSA) is 69.0 Å².